The summed E-state index contributed by atoms with van der Waals surface area (Å²) in [4.78, 5) is 0. The van der Waals surface area contributed by atoms with Crippen molar-refractivity contribution < 1.29 is 9.84 Å². The maximum Gasteiger partial charge on any atom is 0.119 e. The summed E-state index contributed by atoms with van der Waals surface area (Å²) in [6.07, 6.45) is 7.67. The highest BCUT2D eigenvalue weighted by Crippen LogP contribution is 2.49. The van der Waals surface area contributed by atoms with E-state index in [1.807, 2.05) is 18.2 Å². The molecule has 1 N–H and O–H groups in total. The van der Waals surface area contributed by atoms with Crippen LogP contribution < -0.4 is 4.74 Å². The normalized spacial score (nSPS) is 13.0. The summed E-state index contributed by atoms with van der Waals surface area (Å²) >= 11 is 0. The number of benzene rings is 3. The van der Waals surface area contributed by atoms with Gasteiger partial charge in [0.2, 0.25) is 0 Å². The Labute approximate surface area is 201 Å². The van der Waals surface area contributed by atoms with Crippen LogP contribution in [0.3, 0.4) is 0 Å². The van der Waals surface area contributed by atoms with E-state index in [9.17, 15) is 15.6 Å². The highest BCUT2D eigenvalue weighted by atomic mass is 16.5. The molecule has 0 aliphatic heterocycles. The molecule has 3 aromatic carbocycles. The molecule has 0 saturated heterocycles. The van der Waals surface area contributed by atoms with Gasteiger partial charge in [0.25, 0.3) is 0 Å². The molecule has 0 heterocycles. The van der Waals surface area contributed by atoms with E-state index in [1.165, 1.54) is 24.8 Å². The van der Waals surface area contributed by atoms with Crippen molar-refractivity contribution in [3.8, 4) is 45.9 Å². The van der Waals surface area contributed by atoms with E-state index >= 15 is 0 Å². The predicted octanol–water partition coefficient (Wildman–Crippen LogP) is 6.63. The lowest BCUT2D eigenvalue weighted by Gasteiger charge is -2.31. The second-order valence-corrected chi connectivity index (χ2v) is 9.25. The van der Waals surface area contributed by atoms with Gasteiger partial charge >= 0.3 is 0 Å². The molecular weight excluding hydrogens is 420 g/mol. The Morgan fingerprint density at radius 1 is 0.794 bits per heavy atom. The summed E-state index contributed by atoms with van der Waals surface area (Å²) in [6.45, 7) is 2.94. The first-order chi connectivity index (χ1) is 16.7. The number of hydrogen-bond acceptors (Lipinski definition) is 4. The minimum Gasteiger partial charge on any atom is -0.508 e. The van der Waals surface area contributed by atoms with Crippen molar-refractivity contribution in [2.24, 2.45) is 0 Å². The van der Waals surface area contributed by atoms with Gasteiger partial charge in [-0.25, -0.2) is 0 Å². The van der Waals surface area contributed by atoms with Crippen LogP contribution in [0.4, 0.5) is 0 Å². The molecule has 0 bridgehead atoms. The second-order valence-electron chi connectivity index (χ2n) is 9.25. The molecule has 34 heavy (non-hydrogen) atoms. The quantitative estimate of drug-likeness (QED) is 0.430. The average Bonchev–Trinajstić information content (AvgIpc) is 2.86. The van der Waals surface area contributed by atoms with Gasteiger partial charge < -0.3 is 9.84 Å². The zero-order valence-corrected chi connectivity index (χ0v) is 19.6. The molecule has 0 spiro atoms. The molecule has 0 atom stereocenters. The summed E-state index contributed by atoms with van der Waals surface area (Å²) in [7, 11) is 0. The van der Waals surface area contributed by atoms with Crippen molar-refractivity contribution in [3.05, 3.63) is 69.8 Å². The molecule has 0 amide bonds. The minimum atomic E-state index is 0.256. The molecule has 2 aliphatic carbocycles. The lowest BCUT2D eigenvalue weighted by atomic mass is 9.72. The molecule has 0 fully saturated rings. The topological polar surface area (TPSA) is 77.0 Å². The zero-order chi connectivity index (χ0) is 23.7. The average molecular weight is 449 g/mol. The van der Waals surface area contributed by atoms with Crippen LogP contribution >= 0.6 is 0 Å². The first kappa shape index (κ1) is 22.1. The van der Waals surface area contributed by atoms with Gasteiger partial charge in [-0.1, -0.05) is 38.3 Å². The number of phenolic OH excluding ortho intramolecular Hbond substituents is 1. The standard InChI is InChI=1S/C30H28N2O2/c1-2-3-4-5-14-34-22-9-13-24-20(16-22)7-11-26-28(18-32)27(17-31)25-10-6-19-15-21(33)8-12-23(19)29(25)30(24)26/h8-9,12-13,15-16,33H,2-7,10-11,14H2,1H3. The second kappa shape index (κ2) is 9.24. The van der Waals surface area contributed by atoms with Gasteiger partial charge in [-0.3, -0.25) is 0 Å². The maximum atomic E-state index is 10.1. The van der Waals surface area contributed by atoms with E-state index < -0.39 is 0 Å². The molecule has 4 nitrogen and oxygen atoms in total. The third-order valence-electron chi connectivity index (χ3n) is 7.19. The molecular formula is C30H28N2O2. The number of rotatable bonds is 6. The summed E-state index contributed by atoms with van der Waals surface area (Å²) in [6, 6.07) is 16.5. The Balaban J connectivity index is 1.64. The maximum absolute atomic E-state index is 10.1. The molecule has 0 aromatic heterocycles. The first-order valence-corrected chi connectivity index (χ1v) is 12.3. The fourth-order valence-corrected chi connectivity index (χ4v) is 5.57. The van der Waals surface area contributed by atoms with Crippen LogP contribution in [0, 0.1) is 22.7 Å². The number of nitrogens with zero attached hydrogens (tertiary/aromatic N) is 2. The number of ether oxygens (including phenoxy) is 1. The molecule has 170 valence electrons. The number of hydrogen-bond donors (Lipinski definition) is 1. The van der Waals surface area contributed by atoms with Crippen molar-refractivity contribution in [2.45, 2.75) is 58.3 Å². The van der Waals surface area contributed by atoms with Crippen LogP contribution in [-0.4, -0.2) is 11.7 Å². The third-order valence-corrected chi connectivity index (χ3v) is 7.19. The SMILES string of the molecule is CCCCCCOc1ccc2c(c1)CCc1c(C#N)c(C#N)c3c(c1-2)-c1ccc(O)cc1CC3. The van der Waals surface area contributed by atoms with Crippen LogP contribution in [0.5, 0.6) is 11.5 Å². The smallest absolute Gasteiger partial charge is 0.119 e. The Morgan fingerprint density at radius 2 is 1.41 bits per heavy atom. The minimum absolute atomic E-state index is 0.256. The van der Waals surface area contributed by atoms with Gasteiger partial charge in [0.1, 0.15) is 23.6 Å². The summed E-state index contributed by atoms with van der Waals surface area (Å²) in [5, 5.41) is 30.1. The molecule has 5 rings (SSSR count). The zero-order valence-electron chi connectivity index (χ0n) is 19.6. The van der Waals surface area contributed by atoms with Gasteiger partial charge in [-0.2, -0.15) is 10.5 Å². The fourth-order valence-electron chi connectivity index (χ4n) is 5.57. The summed E-state index contributed by atoms with van der Waals surface area (Å²) in [5.41, 5.74) is 9.60. The van der Waals surface area contributed by atoms with Gasteiger partial charge in [0, 0.05) is 0 Å². The van der Waals surface area contributed by atoms with E-state index in [0.29, 0.717) is 17.5 Å². The molecule has 0 unspecified atom stereocenters. The monoisotopic (exact) mass is 448 g/mol. The number of aromatic hydroxyl groups is 1. The number of phenols is 1. The third kappa shape index (κ3) is 3.70. The molecule has 0 radical (unpaired) electrons. The number of unbranched alkanes of at least 4 members (excludes halogenated alkanes) is 3. The highest BCUT2D eigenvalue weighted by Gasteiger charge is 2.31. The molecule has 2 aliphatic rings. The van der Waals surface area contributed by atoms with E-state index in [-0.39, 0.29) is 5.75 Å². The highest BCUT2D eigenvalue weighted by molar-refractivity contribution is 5.95. The summed E-state index contributed by atoms with van der Waals surface area (Å²) < 4.78 is 6.05. The Morgan fingerprint density at radius 3 is 2.03 bits per heavy atom. The number of nitriles is 2. The van der Waals surface area contributed by atoms with Crippen LogP contribution in [0.2, 0.25) is 0 Å². The summed E-state index contributed by atoms with van der Waals surface area (Å²) in [5.74, 6) is 1.15. The first-order valence-electron chi connectivity index (χ1n) is 12.3. The number of fused-ring (bicyclic) bond motifs is 7. The van der Waals surface area contributed by atoms with Crippen molar-refractivity contribution >= 4 is 0 Å². The van der Waals surface area contributed by atoms with E-state index in [1.54, 1.807) is 6.07 Å². The Bertz CT molecular complexity index is 1360. The van der Waals surface area contributed by atoms with Gasteiger partial charge in [-0.15, -0.1) is 0 Å². The number of aryl methyl sites for hydroxylation is 2. The van der Waals surface area contributed by atoms with E-state index in [0.717, 1.165) is 77.0 Å². The van der Waals surface area contributed by atoms with Crippen molar-refractivity contribution in [3.63, 3.8) is 0 Å². The van der Waals surface area contributed by atoms with E-state index in [4.69, 9.17) is 4.74 Å². The molecule has 4 heteroatoms. The van der Waals surface area contributed by atoms with Crippen LogP contribution in [0.25, 0.3) is 22.3 Å². The lowest BCUT2D eigenvalue weighted by molar-refractivity contribution is 0.305. The van der Waals surface area contributed by atoms with E-state index in [2.05, 4.69) is 31.2 Å². The lowest BCUT2D eigenvalue weighted by Crippen LogP contribution is -2.15. The van der Waals surface area contributed by atoms with Crippen molar-refractivity contribution in [1.29, 1.82) is 10.5 Å². The molecule has 0 saturated carbocycles. The predicted molar refractivity (Wildman–Crippen MR) is 133 cm³/mol. The van der Waals surface area contributed by atoms with Crippen molar-refractivity contribution in [1.82, 2.24) is 0 Å². The largest absolute Gasteiger partial charge is 0.508 e. The van der Waals surface area contributed by atoms with Gasteiger partial charge in [0.15, 0.2) is 0 Å². The Kier molecular flexibility index (Phi) is 5.99. The Hall–Kier alpha value is -3.76. The van der Waals surface area contributed by atoms with Crippen LogP contribution in [-0.2, 0) is 25.7 Å². The fraction of sp³-hybridized carbons (Fsp3) is 0.333. The van der Waals surface area contributed by atoms with Gasteiger partial charge in [0.05, 0.1) is 17.7 Å². The van der Waals surface area contributed by atoms with Crippen LogP contribution in [0.15, 0.2) is 36.4 Å². The van der Waals surface area contributed by atoms with Crippen LogP contribution in [0.1, 0.15) is 66.0 Å². The molecule has 3 aromatic rings. The van der Waals surface area contributed by atoms with Gasteiger partial charge in [-0.05, 0) is 101 Å². The van der Waals surface area contributed by atoms with Crippen molar-refractivity contribution in [2.75, 3.05) is 6.61 Å².